The molecule has 0 atom stereocenters. The molecule has 0 aliphatic heterocycles. The van der Waals surface area contributed by atoms with E-state index in [4.69, 9.17) is 9.97 Å². The normalized spacial score (nSPS) is 13.9. The maximum Gasteiger partial charge on any atom is 0.160 e. The highest BCUT2D eigenvalue weighted by molar-refractivity contribution is 5.95. The average Bonchev–Trinajstić information content (AvgIpc) is 3.33. The monoisotopic (exact) mass is 690 g/mol. The summed E-state index contributed by atoms with van der Waals surface area (Å²) in [6.07, 6.45) is 7.69. The van der Waals surface area contributed by atoms with Gasteiger partial charge < -0.3 is 0 Å². The zero-order valence-corrected chi connectivity index (χ0v) is 30.4. The molecule has 0 saturated carbocycles. The van der Waals surface area contributed by atoms with Gasteiger partial charge in [0, 0.05) is 22.1 Å². The third-order valence-corrected chi connectivity index (χ3v) is 11.3. The van der Waals surface area contributed by atoms with E-state index in [0.717, 1.165) is 34.5 Å². The predicted molar refractivity (Wildman–Crippen MR) is 226 cm³/mol. The summed E-state index contributed by atoms with van der Waals surface area (Å²) < 4.78 is 0. The molecule has 1 heterocycles. The molecule has 0 radical (unpaired) electrons. The molecule has 1 aromatic heterocycles. The molecule has 2 aliphatic carbocycles. The minimum atomic E-state index is -0.0307. The van der Waals surface area contributed by atoms with Crippen LogP contribution in [-0.4, -0.2) is 9.97 Å². The summed E-state index contributed by atoms with van der Waals surface area (Å²) in [5.41, 5.74) is 17.7. The van der Waals surface area contributed by atoms with Crippen LogP contribution in [0.4, 0.5) is 0 Å². The van der Waals surface area contributed by atoms with Crippen molar-refractivity contribution in [3.63, 3.8) is 0 Å². The van der Waals surface area contributed by atoms with E-state index in [1.807, 2.05) is 6.07 Å². The van der Waals surface area contributed by atoms with E-state index < -0.39 is 0 Å². The average molecular weight is 691 g/mol. The zero-order valence-electron chi connectivity index (χ0n) is 30.4. The summed E-state index contributed by atoms with van der Waals surface area (Å²) in [6, 6.07) is 59.1. The molecule has 0 amide bonds. The molecule has 10 rings (SSSR count). The largest absolute Gasteiger partial charge is 0.228 e. The van der Waals surface area contributed by atoms with Crippen molar-refractivity contribution in [2.45, 2.75) is 25.7 Å². The van der Waals surface area contributed by atoms with Gasteiger partial charge in [0.2, 0.25) is 0 Å². The standard InChI is InChI=1S/C52H38N2/c1-52(2)46-23-12-11-21-43(46)44-29-28-40(32-47(44)52)38-24-25-39-31-41(27-26-37(39)30-38)48-33-49(54-51(53-48)36-17-7-4-8-18-36)45-22-13-19-35-16-9-10-20-42(50(35)45)34-14-5-3-6-15-34/h3-9,11-33H,10H2,1-2H3. The molecule has 8 aromatic rings. The van der Waals surface area contributed by atoms with Crippen molar-refractivity contribution in [3.05, 3.63) is 204 Å². The third-order valence-electron chi connectivity index (χ3n) is 11.3. The second-order valence-electron chi connectivity index (χ2n) is 14.9. The Kier molecular flexibility index (Phi) is 7.59. The van der Waals surface area contributed by atoms with Crippen molar-refractivity contribution in [1.29, 1.82) is 0 Å². The van der Waals surface area contributed by atoms with Crippen LogP contribution < -0.4 is 0 Å². The molecular formula is C52H38N2. The fourth-order valence-electron chi connectivity index (χ4n) is 8.50. The van der Waals surface area contributed by atoms with E-state index in [2.05, 4.69) is 190 Å². The molecule has 0 N–H and O–H groups in total. The summed E-state index contributed by atoms with van der Waals surface area (Å²) in [7, 11) is 0. The molecule has 0 spiro atoms. The maximum absolute atomic E-state index is 5.26. The van der Waals surface area contributed by atoms with E-state index >= 15 is 0 Å². The van der Waals surface area contributed by atoms with Crippen LogP contribution in [0.1, 0.15) is 48.1 Å². The van der Waals surface area contributed by atoms with Gasteiger partial charge >= 0.3 is 0 Å². The van der Waals surface area contributed by atoms with Gasteiger partial charge in [0.1, 0.15) is 0 Å². The highest BCUT2D eigenvalue weighted by Gasteiger charge is 2.35. The fourth-order valence-corrected chi connectivity index (χ4v) is 8.50. The van der Waals surface area contributed by atoms with Crippen LogP contribution in [0.2, 0.25) is 0 Å². The van der Waals surface area contributed by atoms with Gasteiger partial charge in [-0.2, -0.15) is 0 Å². The van der Waals surface area contributed by atoms with Crippen LogP contribution in [0.15, 0.2) is 176 Å². The smallest absolute Gasteiger partial charge is 0.160 e. The second-order valence-corrected chi connectivity index (χ2v) is 14.9. The van der Waals surface area contributed by atoms with Crippen LogP contribution in [0, 0.1) is 0 Å². The van der Waals surface area contributed by atoms with Gasteiger partial charge in [0.25, 0.3) is 0 Å². The Hall–Kier alpha value is -6.64. The summed E-state index contributed by atoms with van der Waals surface area (Å²) in [6.45, 7) is 4.68. The quantitative estimate of drug-likeness (QED) is 0.180. The number of rotatable bonds is 5. The van der Waals surface area contributed by atoms with Crippen molar-refractivity contribution in [1.82, 2.24) is 9.97 Å². The first kappa shape index (κ1) is 32.0. The van der Waals surface area contributed by atoms with Crippen LogP contribution in [0.3, 0.4) is 0 Å². The number of hydrogen-bond acceptors (Lipinski definition) is 2. The van der Waals surface area contributed by atoms with Crippen LogP contribution >= 0.6 is 0 Å². The van der Waals surface area contributed by atoms with Crippen molar-refractivity contribution >= 4 is 22.4 Å². The lowest BCUT2D eigenvalue weighted by atomic mass is 9.81. The second kappa shape index (κ2) is 12.8. The molecule has 0 bridgehead atoms. The number of fused-ring (bicyclic) bond motifs is 5. The summed E-state index contributed by atoms with van der Waals surface area (Å²) in [5, 5.41) is 2.38. The Morgan fingerprint density at radius 1 is 0.463 bits per heavy atom. The molecule has 0 saturated heterocycles. The van der Waals surface area contributed by atoms with Gasteiger partial charge in [0.15, 0.2) is 5.82 Å². The molecule has 256 valence electrons. The van der Waals surface area contributed by atoms with Crippen molar-refractivity contribution in [3.8, 4) is 56.2 Å². The summed E-state index contributed by atoms with van der Waals surface area (Å²) in [4.78, 5) is 10.5. The zero-order chi connectivity index (χ0) is 36.2. The van der Waals surface area contributed by atoms with Crippen LogP contribution in [0.5, 0.6) is 0 Å². The van der Waals surface area contributed by atoms with Crippen LogP contribution in [0.25, 0.3) is 78.6 Å². The fraction of sp³-hybridized carbons (Fsp3) is 0.0769. The number of allylic oxidation sites excluding steroid dienone is 2. The van der Waals surface area contributed by atoms with Crippen LogP contribution in [-0.2, 0) is 5.41 Å². The molecular weight excluding hydrogens is 653 g/mol. The van der Waals surface area contributed by atoms with Crippen molar-refractivity contribution in [2.75, 3.05) is 0 Å². The van der Waals surface area contributed by atoms with Gasteiger partial charge in [0.05, 0.1) is 11.4 Å². The summed E-state index contributed by atoms with van der Waals surface area (Å²) >= 11 is 0. The Labute approximate surface area is 316 Å². The predicted octanol–water partition coefficient (Wildman–Crippen LogP) is 13.5. The molecule has 0 unspecified atom stereocenters. The number of benzene rings is 7. The Morgan fingerprint density at radius 2 is 1.09 bits per heavy atom. The lowest BCUT2D eigenvalue weighted by Crippen LogP contribution is -2.14. The minimum Gasteiger partial charge on any atom is -0.228 e. The maximum atomic E-state index is 5.26. The molecule has 2 nitrogen and oxygen atoms in total. The van der Waals surface area contributed by atoms with Gasteiger partial charge in [-0.1, -0.05) is 172 Å². The molecule has 7 aromatic carbocycles. The van der Waals surface area contributed by atoms with Crippen molar-refractivity contribution < 1.29 is 0 Å². The van der Waals surface area contributed by atoms with E-state index in [9.17, 15) is 0 Å². The first-order valence-corrected chi connectivity index (χ1v) is 18.8. The topological polar surface area (TPSA) is 25.8 Å². The van der Waals surface area contributed by atoms with E-state index in [-0.39, 0.29) is 5.41 Å². The van der Waals surface area contributed by atoms with Gasteiger partial charge in [-0.15, -0.1) is 0 Å². The van der Waals surface area contributed by atoms with Crippen molar-refractivity contribution in [2.24, 2.45) is 0 Å². The minimum absolute atomic E-state index is 0.0307. The van der Waals surface area contributed by atoms with Gasteiger partial charge in [-0.25, -0.2) is 9.97 Å². The lowest BCUT2D eigenvalue weighted by Gasteiger charge is -2.22. The molecule has 0 fully saturated rings. The first-order chi connectivity index (χ1) is 26.5. The molecule has 2 aliphatic rings. The van der Waals surface area contributed by atoms with Gasteiger partial charge in [-0.05, 0) is 97.1 Å². The van der Waals surface area contributed by atoms with E-state index in [1.165, 1.54) is 66.4 Å². The van der Waals surface area contributed by atoms with Gasteiger partial charge in [-0.3, -0.25) is 0 Å². The highest BCUT2D eigenvalue weighted by Crippen LogP contribution is 2.49. The van der Waals surface area contributed by atoms with E-state index in [1.54, 1.807) is 0 Å². The molecule has 54 heavy (non-hydrogen) atoms. The Bertz CT molecular complexity index is 2810. The SMILES string of the molecule is CC1(C)c2ccccc2-c2ccc(-c3ccc4cc(-c5cc(-c6cccc7c6C(c6ccccc6)=CCC=C7)nc(-c6ccccc6)n5)ccc4c3)cc21. The third kappa shape index (κ3) is 5.42. The summed E-state index contributed by atoms with van der Waals surface area (Å²) in [5.74, 6) is 0.715. The first-order valence-electron chi connectivity index (χ1n) is 18.8. The number of aromatic nitrogens is 2. The number of nitrogens with zero attached hydrogens (tertiary/aromatic N) is 2. The Balaban J connectivity index is 1.07. The van der Waals surface area contributed by atoms with E-state index in [0.29, 0.717) is 5.82 Å². The molecule has 2 heteroatoms. The highest BCUT2D eigenvalue weighted by atomic mass is 14.9. The lowest BCUT2D eigenvalue weighted by molar-refractivity contribution is 0.660. The number of hydrogen-bond donors (Lipinski definition) is 0. The Morgan fingerprint density at radius 3 is 1.91 bits per heavy atom.